The second kappa shape index (κ2) is 5.33. The van der Waals surface area contributed by atoms with E-state index in [0.717, 1.165) is 30.4 Å². The van der Waals surface area contributed by atoms with Crippen LogP contribution in [0.5, 0.6) is 5.75 Å². The van der Waals surface area contributed by atoms with Crippen molar-refractivity contribution < 1.29 is 14.3 Å². The summed E-state index contributed by atoms with van der Waals surface area (Å²) >= 11 is 0. The fourth-order valence-corrected chi connectivity index (χ4v) is 2.63. The molecule has 1 aromatic rings. The smallest absolute Gasteiger partial charge is 0.198 e. The SMILES string of the molecule is COc1c(C(=O)C2(C)CCCCO2)ccc(C)c1C. The molecule has 1 saturated heterocycles. The minimum Gasteiger partial charge on any atom is -0.496 e. The Balaban J connectivity index is 2.41. The van der Waals surface area contributed by atoms with Gasteiger partial charge in [-0.05, 0) is 57.2 Å². The third kappa shape index (κ3) is 2.52. The topological polar surface area (TPSA) is 35.5 Å². The van der Waals surface area contributed by atoms with E-state index in [1.807, 2.05) is 32.9 Å². The summed E-state index contributed by atoms with van der Waals surface area (Å²) in [5, 5.41) is 0. The van der Waals surface area contributed by atoms with Crippen LogP contribution in [-0.4, -0.2) is 25.1 Å². The van der Waals surface area contributed by atoms with E-state index in [-0.39, 0.29) is 5.78 Å². The zero-order valence-corrected chi connectivity index (χ0v) is 12.2. The molecule has 0 saturated carbocycles. The third-order valence-corrected chi connectivity index (χ3v) is 4.07. The number of carbonyl (C=O) groups excluding carboxylic acids is 1. The van der Waals surface area contributed by atoms with Crippen LogP contribution < -0.4 is 4.74 Å². The van der Waals surface area contributed by atoms with Crippen LogP contribution in [-0.2, 0) is 4.74 Å². The Labute approximate surface area is 114 Å². The quantitative estimate of drug-likeness (QED) is 0.783. The first-order valence-corrected chi connectivity index (χ1v) is 6.82. The van der Waals surface area contributed by atoms with E-state index in [1.165, 1.54) is 0 Å². The number of hydrogen-bond acceptors (Lipinski definition) is 3. The van der Waals surface area contributed by atoms with Crippen molar-refractivity contribution in [3.8, 4) is 5.75 Å². The van der Waals surface area contributed by atoms with Crippen molar-refractivity contribution in [1.29, 1.82) is 0 Å². The molecule has 0 bridgehead atoms. The predicted octanol–water partition coefficient (Wildman–Crippen LogP) is 3.45. The van der Waals surface area contributed by atoms with Crippen LogP contribution in [0.15, 0.2) is 12.1 Å². The summed E-state index contributed by atoms with van der Waals surface area (Å²) in [6, 6.07) is 3.82. The molecule has 0 amide bonds. The van der Waals surface area contributed by atoms with Gasteiger partial charge in [0.1, 0.15) is 11.4 Å². The molecule has 1 aliphatic rings. The highest BCUT2D eigenvalue weighted by Crippen LogP contribution is 2.34. The summed E-state index contributed by atoms with van der Waals surface area (Å²) in [5.74, 6) is 0.715. The van der Waals surface area contributed by atoms with Crippen LogP contribution in [0, 0.1) is 13.8 Å². The first-order chi connectivity index (χ1) is 8.99. The van der Waals surface area contributed by atoms with Crippen molar-refractivity contribution in [2.24, 2.45) is 0 Å². The number of rotatable bonds is 3. The van der Waals surface area contributed by atoms with Crippen LogP contribution in [0.2, 0.25) is 0 Å². The van der Waals surface area contributed by atoms with Crippen LogP contribution >= 0.6 is 0 Å². The van der Waals surface area contributed by atoms with Crippen LogP contribution in [0.4, 0.5) is 0 Å². The monoisotopic (exact) mass is 262 g/mol. The largest absolute Gasteiger partial charge is 0.496 e. The lowest BCUT2D eigenvalue weighted by Gasteiger charge is -2.33. The summed E-state index contributed by atoms with van der Waals surface area (Å²) in [7, 11) is 1.61. The predicted molar refractivity (Wildman–Crippen MR) is 75.0 cm³/mol. The van der Waals surface area contributed by atoms with E-state index in [0.29, 0.717) is 17.9 Å². The van der Waals surface area contributed by atoms with E-state index in [9.17, 15) is 4.79 Å². The van der Waals surface area contributed by atoms with Crippen molar-refractivity contribution in [3.05, 3.63) is 28.8 Å². The fraction of sp³-hybridized carbons (Fsp3) is 0.562. The Kier molecular flexibility index (Phi) is 3.95. The van der Waals surface area contributed by atoms with E-state index < -0.39 is 5.60 Å². The Bertz CT molecular complexity index is 485. The zero-order valence-electron chi connectivity index (χ0n) is 12.2. The van der Waals surface area contributed by atoms with Crippen molar-refractivity contribution in [1.82, 2.24) is 0 Å². The molecule has 0 aromatic heterocycles. The maximum absolute atomic E-state index is 12.8. The van der Waals surface area contributed by atoms with Gasteiger partial charge in [-0.3, -0.25) is 4.79 Å². The molecule has 1 aliphatic heterocycles. The van der Waals surface area contributed by atoms with Gasteiger partial charge in [-0.1, -0.05) is 6.07 Å². The standard InChI is InChI=1S/C16H22O3/c1-11-7-8-13(14(18-4)12(11)2)15(17)16(3)9-5-6-10-19-16/h7-8H,5-6,9-10H2,1-4H3. The molecular formula is C16H22O3. The summed E-state index contributed by atoms with van der Waals surface area (Å²) in [6.45, 7) is 6.55. The van der Waals surface area contributed by atoms with Crippen molar-refractivity contribution in [2.75, 3.05) is 13.7 Å². The summed E-state index contributed by atoms with van der Waals surface area (Å²) in [6.07, 6.45) is 2.85. The molecule has 3 heteroatoms. The van der Waals surface area contributed by atoms with Gasteiger partial charge in [0, 0.05) is 6.61 Å². The van der Waals surface area contributed by atoms with Crippen LogP contribution in [0.1, 0.15) is 47.7 Å². The molecule has 104 valence electrons. The number of ketones is 1. The molecule has 3 nitrogen and oxygen atoms in total. The number of aryl methyl sites for hydroxylation is 1. The van der Waals surface area contributed by atoms with Gasteiger partial charge in [0.25, 0.3) is 0 Å². The fourth-order valence-electron chi connectivity index (χ4n) is 2.63. The van der Waals surface area contributed by atoms with Gasteiger partial charge >= 0.3 is 0 Å². The Morgan fingerprint density at radius 3 is 2.63 bits per heavy atom. The maximum Gasteiger partial charge on any atom is 0.198 e. The van der Waals surface area contributed by atoms with E-state index in [2.05, 4.69) is 0 Å². The van der Waals surface area contributed by atoms with Gasteiger partial charge in [0.2, 0.25) is 0 Å². The van der Waals surface area contributed by atoms with Crippen molar-refractivity contribution in [2.45, 2.75) is 45.6 Å². The number of benzene rings is 1. The first-order valence-electron chi connectivity index (χ1n) is 6.82. The number of hydrogen-bond donors (Lipinski definition) is 0. The van der Waals surface area contributed by atoms with Crippen LogP contribution in [0.25, 0.3) is 0 Å². The molecule has 0 N–H and O–H groups in total. The van der Waals surface area contributed by atoms with Gasteiger partial charge in [0.05, 0.1) is 12.7 Å². The second-order valence-corrected chi connectivity index (χ2v) is 5.45. The van der Waals surface area contributed by atoms with Gasteiger partial charge in [0.15, 0.2) is 5.78 Å². The number of ether oxygens (including phenoxy) is 2. The maximum atomic E-state index is 12.8. The van der Waals surface area contributed by atoms with E-state index in [1.54, 1.807) is 7.11 Å². The lowest BCUT2D eigenvalue weighted by atomic mass is 9.86. The zero-order chi connectivity index (χ0) is 14.0. The number of carbonyl (C=O) groups is 1. The lowest BCUT2D eigenvalue weighted by Crippen LogP contribution is -2.41. The molecule has 0 radical (unpaired) electrons. The number of methoxy groups -OCH3 is 1. The van der Waals surface area contributed by atoms with E-state index in [4.69, 9.17) is 9.47 Å². The van der Waals surface area contributed by atoms with Crippen molar-refractivity contribution >= 4 is 5.78 Å². The highest BCUT2D eigenvalue weighted by atomic mass is 16.5. The minimum atomic E-state index is -0.701. The lowest BCUT2D eigenvalue weighted by molar-refractivity contribution is -0.0427. The molecule has 1 aromatic carbocycles. The first kappa shape index (κ1) is 14.1. The highest BCUT2D eigenvalue weighted by Gasteiger charge is 2.38. The Morgan fingerprint density at radius 1 is 1.32 bits per heavy atom. The Morgan fingerprint density at radius 2 is 2.05 bits per heavy atom. The molecule has 1 atom stereocenters. The van der Waals surface area contributed by atoms with Gasteiger partial charge in [-0.2, -0.15) is 0 Å². The molecule has 2 rings (SSSR count). The molecular weight excluding hydrogens is 240 g/mol. The molecule has 1 unspecified atom stereocenters. The molecule has 0 aliphatic carbocycles. The number of Topliss-reactive ketones (excluding diaryl/α,β-unsaturated/α-hetero) is 1. The molecule has 0 spiro atoms. The summed E-state index contributed by atoms with van der Waals surface area (Å²) < 4.78 is 11.2. The molecule has 19 heavy (non-hydrogen) atoms. The molecule has 1 fully saturated rings. The normalized spacial score (nSPS) is 23.2. The summed E-state index contributed by atoms with van der Waals surface area (Å²) in [5.41, 5.74) is 2.08. The van der Waals surface area contributed by atoms with Gasteiger partial charge < -0.3 is 9.47 Å². The summed E-state index contributed by atoms with van der Waals surface area (Å²) in [4.78, 5) is 12.8. The van der Waals surface area contributed by atoms with E-state index >= 15 is 0 Å². The van der Waals surface area contributed by atoms with Gasteiger partial charge in [-0.15, -0.1) is 0 Å². The third-order valence-electron chi connectivity index (χ3n) is 4.07. The Hall–Kier alpha value is -1.35. The highest BCUT2D eigenvalue weighted by molar-refractivity contribution is 6.04. The van der Waals surface area contributed by atoms with Crippen LogP contribution in [0.3, 0.4) is 0 Å². The van der Waals surface area contributed by atoms with Crippen molar-refractivity contribution in [3.63, 3.8) is 0 Å². The average molecular weight is 262 g/mol. The van der Waals surface area contributed by atoms with Gasteiger partial charge in [-0.25, -0.2) is 0 Å². The second-order valence-electron chi connectivity index (χ2n) is 5.45. The average Bonchev–Trinajstić information content (AvgIpc) is 2.41. The minimum absolute atomic E-state index is 0.0344. The molecule has 1 heterocycles.